The summed E-state index contributed by atoms with van der Waals surface area (Å²) in [5, 5.41) is 13.8. The Balaban J connectivity index is 2.15. The first-order valence-electron chi connectivity index (χ1n) is 7.50. The summed E-state index contributed by atoms with van der Waals surface area (Å²) in [6.45, 7) is 1.06. The second kappa shape index (κ2) is 10.2. The number of aliphatic carboxylic acids is 1. The van der Waals surface area contributed by atoms with Crippen LogP contribution in [0.15, 0.2) is 30.3 Å². The van der Waals surface area contributed by atoms with E-state index in [1.807, 2.05) is 30.3 Å². The summed E-state index contributed by atoms with van der Waals surface area (Å²) in [6.07, 6.45) is 0.590. The van der Waals surface area contributed by atoms with Gasteiger partial charge in [0.2, 0.25) is 5.91 Å². The van der Waals surface area contributed by atoms with Crippen molar-refractivity contribution < 1.29 is 19.5 Å². The molecule has 0 radical (unpaired) electrons. The molecule has 0 saturated heterocycles. The summed E-state index contributed by atoms with van der Waals surface area (Å²) in [5.41, 5.74) is 1.03. The molecule has 0 aromatic heterocycles. The molecule has 126 valence electrons. The number of nitrogens with one attached hydrogen (secondary N) is 2. The van der Waals surface area contributed by atoms with Gasteiger partial charge in [-0.15, -0.1) is 0 Å². The Morgan fingerprint density at radius 1 is 1.04 bits per heavy atom. The minimum Gasteiger partial charge on any atom is -0.481 e. The number of amides is 3. The number of urea groups is 1. The van der Waals surface area contributed by atoms with Crippen molar-refractivity contribution in [2.75, 3.05) is 20.1 Å². The Bertz CT molecular complexity index is 519. The third kappa shape index (κ3) is 8.45. The van der Waals surface area contributed by atoms with E-state index in [9.17, 15) is 14.4 Å². The zero-order chi connectivity index (χ0) is 17.1. The lowest BCUT2D eigenvalue weighted by molar-refractivity contribution is -0.137. The van der Waals surface area contributed by atoms with Crippen molar-refractivity contribution in [1.29, 1.82) is 0 Å². The van der Waals surface area contributed by atoms with Gasteiger partial charge in [0.05, 0.1) is 0 Å². The predicted molar refractivity (Wildman–Crippen MR) is 85.8 cm³/mol. The molecule has 0 saturated carbocycles. The largest absolute Gasteiger partial charge is 0.481 e. The number of hydrogen-bond acceptors (Lipinski definition) is 3. The number of nitrogens with zero attached hydrogens (tertiary/aromatic N) is 1. The highest BCUT2D eigenvalue weighted by Gasteiger charge is 2.09. The molecular weight excluding hydrogens is 298 g/mol. The molecule has 0 aliphatic carbocycles. The average Bonchev–Trinajstić information content (AvgIpc) is 2.52. The lowest BCUT2D eigenvalue weighted by Gasteiger charge is -2.18. The minimum atomic E-state index is -0.882. The quantitative estimate of drug-likeness (QED) is 0.595. The van der Waals surface area contributed by atoms with Crippen LogP contribution in [-0.4, -0.2) is 48.1 Å². The van der Waals surface area contributed by atoms with Gasteiger partial charge in [-0.2, -0.15) is 0 Å². The van der Waals surface area contributed by atoms with E-state index >= 15 is 0 Å². The first-order chi connectivity index (χ1) is 11.0. The van der Waals surface area contributed by atoms with E-state index in [0.29, 0.717) is 19.5 Å². The highest BCUT2D eigenvalue weighted by atomic mass is 16.4. The van der Waals surface area contributed by atoms with Crippen LogP contribution in [0.2, 0.25) is 0 Å². The van der Waals surface area contributed by atoms with Crippen molar-refractivity contribution in [1.82, 2.24) is 15.5 Å². The zero-order valence-electron chi connectivity index (χ0n) is 13.2. The van der Waals surface area contributed by atoms with Gasteiger partial charge in [0.1, 0.15) is 0 Å². The molecule has 23 heavy (non-hydrogen) atoms. The number of benzene rings is 1. The summed E-state index contributed by atoms with van der Waals surface area (Å²) in [5.74, 6) is -1.09. The van der Waals surface area contributed by atoms with Crippen molar-refractivity contribution in [2.45, 2.75) is 25.8 Å². The Kier molecular flexibility index (Phi) is 8.20. The summed E-state index contributed by atoms with van der Waals surface area (Å²) in [4.78, 5) is 35.3. The van der Waals surface area contributed by atoms with Crippen molar-refractivity contribution in [2.24, 2.45) is 0 Å². The average molecular weight is 321 g/mol. The maximum absolute atomic E-state index is 11.9. The maximum Gasteiger partial charge on any atom is 0.317 e. The first kappa shape index (κ1) is 18.5. The Labute approximate surface area is 135 Å². The summed E-state index contributed by atoms with van der Waals surface area (Å²) < 4.78 is 0. The molecule has 1 aromatic rings. The maximum atomic E-state index is 11.9. The van der Waals surface area contributed by atoms with E-state index in [2.05, 4.69) is 10.6 Å². The molecular formula is C16H23N3O4. The minimum absolute atomic E-state index is 0.0291. The Morgan fingerprint density at radius 2 is 1.74 bits per heavy atom. The van der Waals surface area contributed by atoms with Crippen molar-refractivity contribution in [3.8, 4) is 0 Å². The van der Waals surface area contributed by atoms with Gasteiger partial charge < -0.3 is 20.6 Å². The molecule has 0 atom stereocenters. The standard InChI is InChI=1S/C16H23N3O4/c1-19(12-13-6-3-2-4-7-13)16(23)18-11-9-14(20)17-10-5-8-15(21)22/h2-4,6-7H,5,8-12H2,1H3,(H,17,20)(H,18,23)(H,21,22). The van der Waals surface area contributed by atoms with Crippen molar-refractivity contribution in [3.05, 3.63) is 35.9 Å². The van der Waals surface area contributed by atoms with Crippen LogP contribution in [0.3, 0.4) is 0 Å². The van der Waals surface area contributed by atoms with E-state index < -0.39 is 5.97 Å². The third-order valence-corrected chi connectivity index (χ3v) is 3.13. The zero-order valence-corrected chi connectivity index (χ0v) is 13.2. The SMILES string of the molecule is CN(Cc1ccccc1)C(=O)NCCC(=O)NCCCC(=O)O. The van der Waals surface area contributed by atoms with E-state index in [0.717, 1.165) is 5.56 Å². The monoisotopic (exact) mass is 321 g/mol. The van der Waals surface area contributed by atoms with Gasteiger partial charge in [0, 0.05) is 39.5 Å². The topological polar surface area (TPSA) is 98.7 Å². The van der Waals surface area contributed by atoms with Gasteiger partial charge in [-0.1, -0.05) is 30.3 Å². The van der Waals surface area contributed by atoms with Crippen LogP contribution in [0, 0.1) is 0 Å². The normalized spacial score (nSPS) is 9.96. The fourth-order valence-electron chi connectivity index (χ4n) is 1.90. The van der Waals surface area contributed by atoms with Crippen LogP contribution in [0.5, 0.6) is 0 Å². The van der Waals surface area contributed by atoms with E-state index in [1.54, 1.807) is 11.9 Å². The molecule has 0 unspecified atom stereocenters. The van der Waals surface area contributed by atoms with Crippen molar-refractivity contribution >= 4 is 17.9 Å². The molecule has 0 aliphatic rings. The number of carbonyl (C=O) groups is 3. The highest BCUT2D eigenvalue weighted by molar-refractivity contribution is 5.78. The van der Waals surface area contributed by atoms with Gasteiger partial charge in [-0.3, -0.25) is 9.59 Å². The molecule has 3 N–H and O–H groups in total. The fraction of sp³-hybridized carbons (Fsp3) is 0.438. The molecule has 0 heterocycles. The second-order valence-electron chi connectivity index (χ2n) is 5.17. The molecule has 0 aliphatic heterocycles. The van der Waals surface area contributed by atoms with Gasteiger partial charge in [0.15, 0.2) is 0 Å². The summed E-state index contributed by atoms with van der Waals surface area (Å²) in [7, 11) is 1.69. The number of hydrogen-bond donors (Lipinski definition) is 3. The lowest BCUT2D eigenvalue weighted by atomic mass is 10.2. The molecule has 0 fully saturated rings. The van der Waals surface area contributed by atoms with E-state index in [-0.39, 0.29) is 31.3 Å². The van der Waals surface area contributed by atoms with Gasteiger partial charge in [-0.25, -0.2) is 4.79 Å². The molecule has 1 aromatic carbocycles. The first-order valence-corrected chi connectivity index (χ1v) is 7.50. The number of rotatable bonds is 9. The van der Waals surface area contributed by atoms with Crippen LogP contribution in [-0.2, 0) is 16.1 Å². The van der Waals surface area contributed by atoms with Gasteiger partial charge >= 0.3 is 12.0 Å². The van der Waals surface area contributed by atoms with Gasteiger partial charge in [-0.05, 0) is 12.0 Å². The number of carbonyl (C=O) groups excluding carboxylic acids is 2. The van der Waals surface area contributed by atoms with Crippen LogP contribution < -0.4 is 10.6 Å². The van der Waals surface area contributed by atoms with E-state index in [4.69, 9.17) is 5.11 Å². The van der Waals surface area contributed by atoms with Crippen molar-refractivity contribution in [3.63, 3.8) is 0 Å². The van der Waals surface area contributed by atoms with Crippen LogP contribution in [0.1, 0.15) is 24.8 Å². The number of carboxylic acid groups (broad SMARTS) is 1. The Hall–Kier alpha value is -2.57. The van der Waals surface area contributed by atoms with Crippen LogP contribution in [0.4, 0.5) is 4.79 Å². The molecule has 0 bridgehead atoms. The molecule has 3 amide bonds. The molecule has 0 spiro atoms. The van der Waals surface area contributed by atoms with Crippen LogP contribution >= 0.6 is 0 Å². The third-order valence-electron chi connectivity index (χ3n) is 3.13. The fourth-order valence-corrected chi connectivity index (χ4v) is 1.90. The summed E-state index contributed by atoms with van der Waals surface area (Å²) >= 11 is 0. The van der Waals surface area contributed by atoms with Crippen LogP contribution in [0.25, 0.3) is 0 Å². The highest BCUT2D eigenvalue weighted by Crippen LogP contribution is 2.02. The second-order valence-corrected chi connectivity index (χ2v) is 5.17. The molecule has 7 heteroatoms. The predicted octanol–water partition coefficient (Wildman–Crippen LogP) is 1.20. The lowest BCUT2D eigenvalue weighted by Crippen LogP contribution is -2.38. The smallest absolute Gasteiger partial charge is 0.317 e. The Morgan fingerprint density at radius 3 is 2.39 bits per heavy atom. The molecule has 1 rings (SSSR count). The van der Waals surface area contributed by atoms with E-state index in [1.165, 1.54) is 0 Å². The van der Waals surface area contributed by atoms with Gasteiger partial charge in [0.25, 0.3) is 0 Å². The summed E-state index contributed by atoms with van der Waals surface area (Å²) in [6, 6.07) is 9.37. The number of carboxylic acids is 1. The molecule has 7 nitrogen and oxygen atoms in total.